The van der Waals surface area contributed by atoms with Gasteiger partial charge in [-0.3, -0.25) is 0 Å². The molecule has 0 atom stereocenters. The molecule has 0 aliphatic carbocycles. The summed E-state index contributed by atoms with van der Waals surface area (Å²) in [6.07, 6.45) is 0. The number of hydrogen-bond acceptors (Lipinski definition) is 4. The second-order valence-corrected chi connectivity index (χ2v) is 4.32. The lowest BCUT2D eigenvalue weighted by Crippen LogP contribution is -2.09. The molecule has 2 aromatic carbocycles. The van der Waals surface area contributed by atoms with Crippen molar-refractivity contribution in [3.8, 4) is 5.69 Å². The number of nitrogens with one attached hydrogen (secondary N) is 1. The molecular formula is C14H11F2N5. The van der Waals surface area contributed by atoms with Crippen molar-refractivity contribution in [1.82, 2.24) is 20.2 Å². The normalized spacial score (nSPS) is 10.6. The van der Waals surface area contributed by atoms with Crippen LogP contribution in [0.5, 0.6) is 0 Å². The third kappa shape index (κ3) is 2.86. The van der Waals surface area contributed by atoms with Crippen LogP contribution >= 0.6 is 0 Å². The van der Waals surface area contributed by atoms with E-state index in [9.17, 15) is 8.78 Å². The van der Waals surface area contributed by atoms with Crippen LogP contribution in [-0.4, -0.2) is 20.2 Å². The summed E-state index contributed by atoms with van der Waals surface area (Å²) < 4.78 is 27.9. The van der Waals surface area contributed by atoms with Crippen molar-refractivity contribution >= 4 is 5.69 Å². The third-order valence-electron chi connectivity index (χ3n) is 2.90. The Balaban J connectivity index is 1.79. The van der Waals surface area contributed by atoms with Gasteiger partial charge in [-0.15, -0.1) is 5.10 Å². The number of rotatable bonds is 4. The number of halogens is 2. The first-order valence-electron chi connectivity index (χ1n) is 6.25. The zero-order valence-corrected chi connectivity index (χ0v) is 10.9. The zero-order valence-electron chi connectivity index (χ0n) is 10.9. The lowest BCUT2D eigenvalue weighted by atomic mass is 10.3. The van der Waals surface area contributed by atoms with Gasteiger partial charge < -0.3 is 5.32 Å². The van der Waals surface area contributed by atoms with Crippen molar-refractivity contribution in [1.29, 1.82) is 0 Å². The molecule has 0 aliphatic heterocycles. The third-order valence-corrected chi connectivity index (χ3v) is 2.90. The molecule has 21 heavy (non-hydrogen) atoms. The summed E-state index contributed by atoms with van der Waals surface area (Å²) in [5.74, 6) is -0.758. The van der Waals surface area contributed by atoms with Crippen LogP contribution in [0.15, 0.2) is 48.5 Å². The highest BCUT2D eigenvalue weighted by molar-refractivity contribution is 5.44. The van der Waals surface area contributed by atoms with Gasteiger partial charge in [-0.1, -0.05) is 18.2 Å². The highest BCUT2D eigenvalue weighted by Crippen LogP contribution is 2.16. The van der Waals surface area contributed by atoms with Crippen LogP contribution in [0.1, 0.15) is 5.82 Å². The Morgan fingerprint density at radius 2 is 1.86 bits per heavy atom. The Bertz CT molecular complexity index is 742. The molecule has 0 saturated heterocycles. The maximum Gasteiger partial charge on any atom is 0.175 e. The van der Waals surface area contributed by atoms with Crippen molar-refractivity contribution in [3.63, 3.8) is 0 Å². The molecule has 3 rings (SSSR count). The van der Waals surface area contributed by atoms with Gasteiger partial charge in [-0.25, -0.2) is 8.78 Å². The fourth-order valence-electron chi connectivity index (χ4n) is 1.89. The SMILES string of the molecule is Fc1ccc(NCc2nnnn2-c2ccccc2)c(F)c1. The van der Waals surface area contributed by atoms with Crippen molar-refractivity contribution in [2.45, 2.75) is 6.54 Å². The quantitative estimate of drug-likeness (QED) is 0.801. The number of anilines is 1. The van der Waals surface area contributed by atoms with Crippen LogP contribution in [0.3, 0.4) is 0 Å². The molecule has 1 aromatic heterocycles. The highest BCUT2D eigenvalue weighted by atomic mass is 19.1. The standard InChI is InChI=1S/C14H11F2N5/c15-10-6-7-13(12(16)8-10)17-9-14-18-19-20-21(14)11-4-2-1-3-5-11/h1-8,17H,9H2. The first-order valence-corrected chi connectivity index (χ1v) is 6.25. The van der Waals surface area contributed by atoms with E-state index in [1.807, 2.05) is 30.3 Å². The van der Waals surface area contributed by atoms with Crippen molar-refractivity contribution in [3.05, 3.63) is 66.0 Å². The predicted molar refractivity (Wildman–Crippen MR) is 72.8 cm³/mol. The van der Waals surface area contributed by atoms with Gasteiger partial charge in [0.05, 0.1) is 17.9 Å². The highest BCUT2D eigenvalue weighted by Gasteiger charge is 2.09. The van der Waals surface area contributed by atoms with Crippen LogP contribution in [0, 0.1) is 11.6 Å². The Labute approximate surface area is 119 Å². The molecule has 3 aromatic rings. The molecule has 0 amide bonds. The fraction of sp³-hybridized carbons (Fsp3) is 0.0714. The van der Waals surface area contributed by atoms with E-state index in [2.05, 4.69) is 20.8 Å². The number of hydrogen-bond donors (Lipinski definition) is 1. The van der Waals surface area contributed by atoms with E-state index in [0.29, 0.717) is 5.82 Å². The average Bonchev–Trinajstić information content (AvgIpc) is 2.96. The molecule has 0 bridgehead atoms. The van der Waals surface area contributed by atoms with Crippen molar-refractivity contribution < 1.29 is 8.78 Å². The molecule has 0 radical (unpaired) electrons. The smallest absolute Gasteiger partial charge is 0.175 e. The second kappa shape index (κ2) is 5.66. The molecule has 0 fully saturated rings. The monoisotopic (exact) mass is 287 g/mol. The maximum absolute atomic E-state index is 13.5. The van der Waals surface area contributed by atoms with E-state index < -0.39 is 11.6 Å². The molecule has 0 aliphatic rings. The Morgan fingerprint density at radius 3 is 2.62 bits per heavy atom. The van der Waals surface area contributed by atoms with Gasteiger partial charge in [0.1, 0.15) is 11.6 Å². The lowest BCUT2D eigenvalue weighted by Gasteiger charge is -2.08. The lowest BCUT2D eigenvalue weighted by molar-refractivity contribution is 0.585. The minimum absolute atomic E-state index is 0.194. The van der Waals surface area contributed by atoms with Gasteiger partial charge in [0, 0.05) is 6.07 Å². The maximum atomic E-state index is 13.5. The zero-order chi connectivity index (χ0) is 14.7. The second-order valence-electron chi connectivity index (χ2n) is 4.32. The predicted octanol–water partition coefficient (Wildman–Crippen LogP) is 2.55. The summed E-state index contributed by atoms with van der Waals surface area (Å²) >= 11 is 0. The van der Waals surface area contributed by atoms with E-state index in [1.165, 1.54) is 12.1 Å². The Hall–Kier alpha value is -2.83. The molecule has 5 nitrogen and oxygen atoms in total. The number of aromatic nitrogens is 4. The molecule has 1 heterocycles. The number of nitrogens with zero attached hydrogens (tertiary/aromatic N) is 4. The van der Waals surface area contributed by atoms with Gasteiger partial charge in [0.25, 0.3) is 0 Å². The van der Waals surface area contributed by atoms with E-state index in [1.54, 1.807) is 4.68 Å². The summed E-state index contributed by atoms with van der Waals surface area (Å²) in [7, 11) is 0. The van der Waals surface area contributed by atoms with Crippen LogP contribution in [0.25, 0.3) is 5.69 Å². The summed E-state index contributed by atoms with van der Waals surface area (Å²) in [5.41, 5.74) is 0.998. The van der Waals surface area contributed by atoms with E-state index in [0.717, 1.165) is 11.8 Å². The first kappa shape index (κ1) is 13.2. The van der Waals surface area contributed by atoms with E-state index >= 15 is 0 Å². The Kier molecular flexibility index (Phi) is 3.55. The van der Waals surface area contributed by atoms with Gasteiger partial charge >= 0.3 is 0 Å². The summed E-state index contributed by atoms with van der Waals surface area (Å²) in [6.45, 7) is 0.213. The molecule has 106 valence electrons. The van der Waals surface area contributed by atoms with Crippen molar-refractivity contribution in [2.24, 2.45) is 0 Å². The molecule has 7 heteroatoms. The van der Waals surface area contributed by atoms with Gasteiger partial charge in [0.2, 0.25) is 0 Å². The van der Waals surface area contributed by atoms with Crippen molar-refractivity contribution in [2.75, 3.05) is 5.32 Å². The van der Waals surface area contributed by atoms with Gasteiger partial charge in [-0.05, 0) is 34.7 Å². The van der Waals surface area contributed by atoms with Crippen LogP contribution < -0.4 is 5.32 Å². The van der Waals surface area contributed by atoms with Crippen LogP contribution in [0.2, 0.25) is 0 Å². The van der Waals surface area contributed by atoms with Gasteiger partial charge in [-0.2, -0.15) is 4.68 Å². The fourth-order valence-corrected chi connectivity index (χ4v) is 1.89. The molecule has 0 saturated carbocycles. The van der Waals surface area contributed by atoms with Crippen LogP contribution in [0.4, 0.5) is 14.5 Å². The number of tetrazole rings is 1. The van der Waals surface area contributed by atoms with E-state index in [4.69, 9.17) is 0 Å². The largest absolute Gasteiger partial charge is 0.375 e. The molecule has 1 N–H and O–H groups in total. The summed E-state index contributed by atoms with van der Waals surface area (Å²) in [5, 5.41) is 14.3. The molecule has 0 unspecified atom stereocenters. The summed E-state index contributed by atoms with van der Waals surface area (Å²) in [6, 6.07) is 12.7. The molecule has 0 spiro atoms. The van der Waals surface area contributed by atoms with E-state index in [-0.39, 0.29) is 12.2 Å². The minimum Gasteiger partial charge on any atom is -0.375 e. The molecular weight excluding hydrogens is 276 g/mol. The minimum atomic E-state index is -0.659. The topological polar surface area (TPSA) is 55.6 Å². The van der Waals surface area contributed by atoms with Gasteiger partial charge in [0.15, 0.2) is 5.82 Å². The first-order chi connectivity index (χ1) is 10.2. The Morgan fingerprint density at radius 1 is 1.05 bits per heavy atom. The number of benzene rings is 2. The number of para-hydroxylation sites is 1. The average molecular weight is 287 g/mol. The van der Waals surface area contributed by atoms with Crippen LogP contribution in [-0.2, 0) is 6.54 Å². The summed E-state index contributed by atoms with van der Waals surface area (Å²) in [4.78, 5) is 0.